The monoisotopic (exact) mass is 350 g/mol. The summed E-state index contributed by atoms with van der Waals surface area (Å²) in [5.41, 5.74) is 2.36. The molecule has 1 aromatic heterocycles. The van der Waals surface area contributed by atoms with Gasteiger partial charge >= 0.3 is 5.69 Å². The molecule has 1 heterocycles. The van der Waals surface area contributed by atoms with Crippen molar-refractivity contribution in [2.24, 2.45) is 0 Å². The lowest BCUT2D eigenvalue weighted by molar-refractivity contribution is 0.437. The zero-order valence-corrected chi connectivity index (χ0v) is 14.7. The van der Waals surface area contributed by atoms with Gasteiger partial charge in [0.1, 0.15) is 5.82 Å². The fourth-order valence-electron chi connectivity index (χ4n) is 3.85. The van der Waals surface area contributed by atoms with Gasteiger partial charge < -0.3 is 4.98 Å². The van der Waals surface area contributed by atoms with E-state index in [-0.39, 0.29) is 11.0 Å². The highest BCUT2D eigenvalue weighted by Gasteiger charge is 2.37. The molecule has 0 bridgehead atoms. The SMILES string of the molecule is CC[C@]1(C)Cc2ccccc2-c2[nH]c(=O)n(-c3ccc(F)cc3)c(=O)c21. The molecule has 0 saturated heterocycles. The molecule has 0 saturated carbocycles. The zero-order chi connectivity index (χ0) is 18.5. The molecule has 0 amide bonds. The lowest BCUT2D eigenvalue weighted by atomic mass is 9.69. The lowest BCUT2D eigenvalue weighted by Gasteiger charge is -2.35. The van der Waals surface area contributed by atoms with E-state index < -0.39 is 11.5 Å². The van der Waals surface area contributed by atoms with E-state index in [2.05, 4.69) is 11.9 Å². The van der Waals surface area contributed by atoms with Gasteiger partial charge in [0.2, 0.25) is 0 Å². The van der Waals surface area contributed by atoms with E-state index in [1.807, 2.05) is 31.2 Å². The second kappa shape index (κ2) is 5.80. The van der Waals surface area contributed by atoms with Crippen LogP contribution in [-0.2, 0) is 11.8 Å². The van der Waals surface area contributed by atoms with Gasteiger partial charge in [-0.25, -0.2) is 13.8 Å². The van der Waals surface area contributed by atoms with Crippen molar-refractivity contribution >= 4 is 0 Å². The third kappa shape index (κ3) is 2.35. The molecular weight excluding hydrogens is 331 g/mol. The van der Waals surface area contributed by atoms with Crippen LogP contribution in [0.15, 0.2) is 58.1 Å². The standard InChI is InChI=1S/C21H19FN2O2/c1-3-21(2)12-13-6-4-5-7-16(13)18-17(21)19(25)24(20(26)23-18)15-10-8-14(22)9-11-15/h4-11H,3,12H2,1-2H3,(H,23,26)/t21-/m1/s1. The number of hydrogen-bond acceptors (Lipinski definition) is 2. The number of halogens is 1. The van der Waals surface area contributed by atoms with Crippen molar-refractivity contribution < 1.29 is 4.39 Å². The number of nitrogens with one attached hydrogen (secondary N) is 1. The fraction of sp³-hybridized carbons (Fsp3) is 0.238. The molecule has 4 nitrogen and oxygen atoms in total. The second-order valence-electron chi connectivity index (χ2n) is 7.05. The van der Waals surface area contributed by atoms with Crippen LogP contribution in [0.1, 0.15) is 31.4 Å². The third-order valence-corrected chi connectivity index (χ3v) is 5.44. The summed E-state index contributed by atoms with van der Waals surface area (Å²) in [5.74, 6) is -0.413. The summed E-state index contributed by atoms with van der Waals surface area (Å²) >= 11 is 0. The Balaban J connectivity index is 2.08. The highest BCUT2D eigenvalue weighted by atomic mass is 19.1. The van der Waals surface area contributed by atoms with Crippen LogP contribution >= 0.6 is 0 Å². The van der Waals surface area contributed by atoms with Crippen LogP contribution in [0, 0.1) is 5.82 Å². The highest BCUT2D eigenvalue weighted by molar-refractivity contribution is 5.71. The molecule has 1 aliphatic carbocycles. The molecule has 26 heavy (non-hydrogen) atoms. The molecule has 0 spiro atoms. The number of rotatable bonds is 2. The van der Waals surface area contributed by atoms with E-state index in [4.69, 9.17) is 0 Å². The first-order chi connectivity index (χ1) is 12.4. The van der Waals surface area contributed by atoms with Crippen LogP contribution in [0.2, 0.25) is 0 Å². The largest absolute Gasteiger partial charge is 0.333 e. The number of hydrogen-bond donors (Lipinski definition) is 1. The summed E-state index contributed by atoms with van der Waals surface area (Å²) in [7, 11) is 0. The van der Waals surface area contributed by atoms with Crippen molar-refractivity contribution in [1.29, 1.82) is 0 Å². The fourth-order valence-corrected chi connectivity index (χ4v) is 3.85. The molecule has 1 aliphatic rings. The highest BCUT2D eigenvalue weighted by Crippen LogP contribution is 2.41. The van der Waals surface area contributed by atoms with Crippen molar-refractivity contribution in [3.63, 3.8) is 0 Å². The van der Waals surface area contributed by atoms with E-state index in [1.54, 1.807) is 0 Å². The number of H-pyrrole nitrogens is 1. The molecule has 132 valence electrons. The Morgan fingerprint density at radius 1 is 1.12 bits per heavy atom. The number of aromatic nitrogens is 2. The minimum absolute atomic E-state index is 0.339. The predicted molar refractivity (Wildman–Crippen MR) is 99.4 cm³/mol. The van der Waals surface area contributed by atoms with E-state index in [0.29, 0.717) is 16.9 Å². The molecule has 0 fully saturated rings. The lowest BCUT2D eigenvalue weighted by Crippen LogP contribution is -2.44. The van der Waals surface area contributed by atoms with E-state index in [9.17, 15) is 14.0 Å². The van der Waals surface area contributed by atoms with Crippen molar-refractivity contribution in [2.75, 3.05) is 0 Å². The summed E-state index contributed by atoms with van der Waals surface area (Å²) in [6, 6.07) is 13.2. The molecule has 1 N–H and O–H groups in total. The van der Waals surface area contributed by atoms with Gasteiger partial charge in [0.15, 0.2) is 0 Å². The first-order valence-corrected chi connectivity index (χ1v) is 8.68. The number of nitrogens with zero attached hydrogens (tertiary/aromatic N) is 1. The minimum Gasteiger partial charge on any atom is -0.306 e. The maximum Gasteiger partial charge on any atom is 0.333 e. The number of benzene rings is 2. The quantitative estimate of drug-likeness (QED) is 0.768. The Bertz CT molecular complexity index is 1110. The van der Waals surface area contributed by atoms with Crippen LogP contribution in [0.4, 0.5) is 4.39 Å². The second-order valence-corrected chi connectivity index (χ2v) is 7.05. The van der Waals surface area contributed by atoms with Gasteiger partial charge in [0, 0.05) is 16.5 Å². The molecule has 3 aromatic rings. The molecule has 0 unspecified atom stereocenters. The Morgan fingerprint density at radius 3 is 2.50 bits per heavy atom. The smallest absolute Gasteiger partial charge is 0.306 e. The summed E-state index contributed by atoms with van der Waals surface area (Å²) in [4.78, 5) is 29.0. The average Bonchev–Trinajstić information content (AvgIpc) is 2.63. The maximum absolute atomic E-state index is 13.4. The van der Waals surface area contributed by atoms with Gasteiger partial charge in [0.05, 0.1) is 11.4 Å². The number of fused-ring (bicyclic) bond motifs is 3. The van der Waals surface area contributed by atoms with Crippen LogP contribution in [-0.4, -0.2) is 9.55 Å². The Kier molecular flexibility index (Phi) is 3.68. The van der Waals surface area contributed by atoms with E-state index in [0.717, 1.165) is 28.5 Å². The van der Waals surface area contributed by atoms with Crippen LogP contribution < -0.4 is 11.2 Å². The van der Waals surface area contributed by atoms with Crippen LogP contribution in [0.25, 0.3) is 16.9 Å². The maximum atomic E-state index is 13.4. The first kappa shape index (κ1) is 16.5. The molecule has 2 aromatic carbocycles. The Morgan fingerprint density at radius 2 is 1.81 bits per heavy atom. The van der Waals surface area contributed by atoms with Gasteiger partial charge in [-0.05, 0) is 42.7 Å². The molecule has 1 atom stereocenters. The Hall–Kier alpha value is -2.95. The molecule has 5 heteroatoms. The van der Waals surface area contributed by atoms with Crippen LogP contribution in [0.5, 0.6) is 0 Å². The van der Waals surface area contributed by atoms with Gasteiger partial charge in [-0.3, -0.25) is 4.79 Å². The summed E-state index contributed by atoms with van der Waals surface area (Å²) < 4.78 is 14.3. The topological polar surface area (TPSA) is 54.9 Å². The molecule has 0 aliphatic heterocycles. The summed E-state index contributed by atoms with van der Waals surface area (Å²) in [5, 5.41) is 0. The van der Waals surface area contributed by atoms with Crippen molar-refractivity contribution in [1.82, 2.24) is 9.55 Å². The first-order valence-electron chi connectivity index (χ1n) is 8.68. The third-order valence-electron chi connectivity index (χ3n) is 5.44. The van der Waals surface area contributed by atoms with E-state index in [1.165, 1.54) is 24.3 Å². The molecule has 4 rings (SSSR count). The van der Waals surface area contributed by atoms with Gasteiger partial charge in [-0.1, -0.05) is 38.1 Å². The minimum atomic E-state index is -0.518. The van der Waals surface area contributed by atoms with Crippen molar-refractivity contribution in [3.05, 3.63) is 86.3 Å². The Labute approximate surface area is 150 Å². The molecule has 0 radical (unpaired) electrons. The van der Waals surface area contributed by atoms with Gasteiger partial charge in [-0.15, -0.1) is 0 Å². The van der Waals surface area contributed by atoms with Gasteiger partial charge in [-0.2, -0.15) is 0 Å². The van der Waals surface area contributed by atoms with Crippen LogP contribution in [0.3, 0.4) is 0 Å². The van der Waals surface area contributed by atoms with Gasteiger partial charge in [0.25, 0.3) is 5.56 Å². The summed E-state index contributed by atoms with van der Waals surface area (Å²) in [6.45, 7) is 4.10. The summed E-state index contributed by atoms with van der Waals surface area (Å²) in [6.07, 6.45) is 1.50. The van der Waals surface area contributed by atoms with Crippen molar-refractivity contribution in [2.45, 2.75) is 32.1 Å². The van der Waals surface area contributed by atoms with E-state index >= 15 is 0 Å². The number of aromatic amines is 1. The zero-order valence-electron chi connectivity index (χ0n) is 14.7. The average molecular weight is 350 g/mol. The predicted octanol–water partition coefficient (Wildman–Crippen LogP) is 3.56. The van der Waals surface area contributed by atoms with Crippen molar-refractivity contribution in [3.8, 4) is 16.9 Å². The normalized spacial score (nSPS) is 18.3. The molecular formula is C21H19FN2O2.